The Morgan fingerprint density at radius 3 is 2.69 bits per heavy atom. The maximum absolute atomic E-state index is 11.3. The summed E-state index contributed by atoms with van der Waals surface area (Å²) in [5.74, 6) is -0.199. The number of aliphatic carboxylic acids is 1. The number of hydrogen-bond donors (Lipinski definition) is 2. The topological polar surface area (TPSA) is 87.0 Å². The Labute approximate surface area is 151 Å². The number of benzene rings is 1. The van der Waals surface area contributed by atoms with Crippen molar-refractivity contribution in [3.8, 4) is 17.2 Å². The molecule has 0 aliphatic carbocycles. The quantitative estimate of drug-likeness (QED) is 0.755. The number of rotatable bonds is 4. The highest BCUT2D eigenvalue weighted by Crippen LogP contribution is 2.26. The molecule has 1 fully saturated rings. The van der Waals surface area contributed by atoms with Gasteiger partial charge in [-0.2, -0.15) is 0 Å². The first kappa shape index (κ1) is 16.4. The fourth-order valence-corrected chi connectivity index (χ4v) is 3.51. The molecule has 1 unspecified atom stereocenters. The van der Waals surface area contributed by atoms with Crippen LogP contribution in [0.3, 0.4) is 0 Å². The molecular formula is C19H21N5O2. The van der Waals surface area contributed by atoms with Crippen molar-refractivity contribution in [2.45, 2.75) is 19.8 Å². The molecule has 26 heavy (non-hydrogen) atoms. The lowest BCUT2D eigenvalue weighted by atomic mass is 9.98. The number of hydrogen-bond acceptors (Lipinski definition) is 4. The molecule has 1 saturated heterocycles. The Bertz CT molecular complexity index is 912. The van der Waals surface area contributed by atoms with E-state index in [1.165, 1.54) is 0 Å². The number of piperidine rings is 1. The maximum Gasteiger partial charge on any atom is 0.308 e. The second-order valence-corrected chi connectivity index (χ2v) is 6.64. The lowest BCUT2D eigenvalue weighted by molar-refractivity contribution is -0.141. The van der Waals surface area contributed by atoms with E-state index < -0.39 is 5.97 Å². The summed E-state index contributed by atoms with van der Waals surface area (Å²) in [5.41, 5.74) is 3.86. The zero-order chi connectivity index (χ0) is 18.1. The predicted molar refractivity (Wildman–Crippen MR) is 98.5 cm³/mol. The third-order valence-electron chi connectivity index (χ3n) is 4.95. The largest absolute Gasteiger partial charge is 0.481 e. The van der Waals surface area contributed by atoms with Gasteiger partial charge in [-0.1, -0.05) is 0 Å². The summed E-state index contributed by atoms with van der Waals surface area (Å²) in [5, 5.41) is 9.27. The van der Waals surface area contributed by atoms with Crippen LogP contribution in [0.2, 0.25) is 0 Å². The van der Waals surface area contributed by atoms with Gasteiger partial charge in [-0.25, -0.2) is 9.97 Å². The highest BCUT2D eigenvalue weighted by atomic mass is 16.4. The van der Waals surface area contributed by atoms with Crippen molar-refractivity contribution in [2.75, 3.05) is 18.0 Å². The van der Waals surface area contributed by atoms with Gasteiger partial charge in [0.2, 0.25) is 0 Å². The van der Waals surface area contributed by atoms with E-state index in [9.17, 15) is 9.90 Å². The van der Waals surface area contributed by atoms with Crippen LogP contribution in [0, 0.1) is 12.8 Å². The van der Waals surface area contributed by atoms with Gasteiger partial charge in [-0.3, -0.25) is 9.36 Å². The van der Waals surface area contributed by atoms with E-state index in [4.69, 9.17) is 0 Å². The fraction of sp³-hybridized carbons (Fsp3) is 0.316. The summed E-state index contributed by atoms with van der Waals surface area (Å²) < 4.78 is 2.00. The third kappa shape index (κ3) is 2.96. The molecular weight excluding hydrogens is 330 g/mol. The Morgan fingerprint density at radius 2 is 2.00 bits per heavy atom. The lowest BCUT2D eigenvalue weighted by Crippen LogP contribution is -2.38. The molecule has 7 nitrogen and oxygen atoms in total. The van der Waals surface area contributed by atoms with Gasteiger partial charge in [0.25, 0.3) is 0 Å². The fourth-order valence-electron chi connectivity index (χ4n) is 3.51. The van der Waals surface area contributed by atoms with E-state index in [-0.39, 0.29) is 5.92 Å². The van der Waals surface area contributed by atoms with Crippen LogP contribution in [0.25, 0.3) is 17.2 Å². The normalized spacial score (nSPS) is 17.4. The number of H-pyrrole nitrogens is 1. The second-order valence-electron chi connectivity index (χ2n) is 6.64. The van der Waals surface area contributed by atoms with Crippen molar-refractivity contribution in [1.82, 2.24) is 19.5 Å². The molecule has 0 saturated carbocycles. The van der Waals surface area contributed by atoms with Crippen molar-refractivity contribution in [1.29, 1.82) is 0 Å². The number of imidazole rings is 2. The first-order valence-corrected chi connectivity index (χ1v) is 8.75. The van der Waals surface area contributed by atoms with Gasteiger partial charge in [-0.15, -0.1) is 0 Å². The van der Waals surface area contributed by atoms with Crippen LogP contribution < -0.4 is 4.90 Å². The molecule has 7 heteroatoms. The second kappa shape index (κ2) is 6.67. The minimum absolute atomic E-state index is 0.286. The number of carboxylic acids is 1. The molecule has 1 aromatic carbocycles. The summed E-state index contributed by atoms with van der Waals surface area (Å²) in [6.07, 6.45) is 7.01. The molecule has 0 bridgehead atoms. The van der Waals surface area contributed by atoms with Crippen molar-refractivity contribution < 1.29 is 9.90 Å². The van der Waals surface area contributed by atoms with Crippen LogP contribution in [-0.4, -0.2) is 43.7 Å². The number of anilines is 1. The van der Waals surface area contributed by atoms with Gasteiger partial charge in [0, 0.05) is 42.6 Å². The molecule has 2 aromatic heterocycles. The van der Waals surface area contributed by atoms with Gasteiger partial charge in [-0.05, 0) is 44.0 Å². The van der Waals surface area contributed by atoms with E-state index in [0.29, 0.717) is 6.54 Å². The van der Waals surface area contributed by atoms with Crippen LogP contribution in [-0.2, 0) is 4.79 Å². The van der Waals surface area contributed by atoms with Crippen LogP contribution in [0.5, 0.6) is 0 Å². The van der Waals surface area contributed by atoms with E-state index in [1.54, 1.807) is 12.5 Å². The Hall–Kier alpha value is -3.09. The van der Waals surface area contributed by atoms with Gasteiger partial charge >= 0.3 is 5.97 Å². The van der Waals surface area contributed by atoms with E-state index in [1.807, 2.05) is 42.0 Å². The smallest absolute Gasteiger partial charge is 0.308 e. The van der Waals surface area contributed by atoms with Crippen molar-refractivity contribution >= 4 is 11.7 Å². The van der Waals surface area contributed by atoms with Gasteiger partial charge in [0.15, 0.2) is 5.82 Å². The molecule has 1 aliphatic rings. The molecule has 134 valence electrons. The number of aromatic nitrogens is 4. The van der Waals surface area contributed by atoms with Crippen LogP contribution in [0.1, 0.15) is 18.5 Å². The summed E-state index contributed by atoms with van der Waals surface area (Å²) in [4.78, 5) is 25.3. The van der Waals surface area contributed by atoms with Gasteiger partial charge < -0.3 is 15.0 Å². The highest BCUT2D eigenvalue weighted by Gasteiger charge is 2.25. The average Bonchev–Trinajstić information content (AvgIpc) is 3.30. The van der Waals surface area contributed by atoms with Crippen molar-refractivity contribution in [3.05, 3.63) is 48.7 Å². The summed E-state index contributed by atoms with van der Waals surface area (Å²) in [6.45, 7) is 3.43. The van der Waals surface area contributed by atoms with E-state index in [0.717, 1.165) is 48.0 Å². The molecule has 1 atom stereocenters. The Morgan fingerprint density at radius 1 is 1.23 bits per heavy atom. The van der Waals surface area contributed by atoms with Crippen molar-refractivity contribution in [3.63, 3.8) is 0 Å². The van der Waals surface area contributed by atoms with Crippen LogP contribution >= 0.6 is 0 Å². The molecule has 0 amide bonds. The van der Waals surface area contributed by atoms with Crippen LogP contribution in [0.4, 0.5) is 5.69 Å². The molecule has 3 aromatic rings. The number of aromatic amines is 1. The third-order valence-corrected chi connectivity index (χ3v) is 4.95. The van der Waals surface area contributed by atoms with E-state index >= 15 is 0 Å². The minimum Gasteiger partial charge on any atom is -0.481 e. The molecule has 1 aliphatic heterocycles. The summed E-state index contributed by atoms with van der Waals surface area (Å²) in [6, 6.07) is 8.15. The molecule has 2 N–H and O–H groups in total. The Balaban J connectivity index is 1.59. The maximum atomic E-state index is 11.3. The number of nitrogens with zero attached hydrogens (tertiary/aromatic N) is 4. The SMILES string of the molecule is Cc1[nH]cnc1-c1nccn1-c1ccc(N2CCCC(C(=O)O)C2)cc1. The molecule has 0 spiro atoms. The number of aryl methyl sites for hydroxylation is 1. The standard InChI is InChI=1S/C19H21N5O2/c1-13-17(22-12-21-13)18-20-8-10-24(18)16-6-4-15(5-7-16)23-9-2-3-14(11-23)19(25)26/h4-8,10,12,14H,2-3,9,11H2,1H3,(H,21,22)(H,25,26). The average molecular weight is 351 g/mol. The van der Waals surface area contributed by atoms with Gasteiger partial charge in [0.1, 0.15) is 5.69 Å². The lowest BCUT2D eigenvalue weighted by Gasteiger charge is -2.32. The highest BCUT2D eigenvalue weighted by molar-refractivity contribution is 5.71. The zero-order valence-corrected chi connectivity index (χ0v) is 14.6. The monoisotopic (exact) mass is 351 g/mol. The molecule has 3 heterocycles. The predicted octanol–water partition coefficient (Wildman–Crippen LogP) is 2.87. The van der Waals surface area contributed by atoms with Crippen molar-refractivity contribution in [2.24, 2.45) is 5.92 Å². The van der Waals surface area contributed by atoms with Gasteiger partial charge in [0.05, 0.1) is 12.2 Å². The van der Waals surface area contributed by atoms with E-state index in [2.05, 4.69) is 19.9 Å². The minimum atomic E-state index is -0.705. The molecule has 4 rings (SSSR count). The Kier molecular flexibility index (Phi) is 4.20. The first-order chi connectivity index (χ1) is 12.6. The summed E-state index contributed by atoms with van der Waals surface area (Å²) >= 11 is 0. The zero-order valence-electron chi connectivity index (χ0n) is 14.6. The van der Waals surface area contributed by atoms with Crippen LogP contribution in [0.15, 0.2) is 43.0 Å². The number of nitrogens with one attached hydrogen (secondary N) is 1. The first-order valence-electron chi connectivity index (χ1n) is 8.75. The summed E-state index contributed by atoms with van der Waals surface area (Å²) in [7, 11) is 0. The number of carboxylic acid groups (broad SMARTS) is 1. The number of carbonyl (C=O) groups is 1. The molecule has 0 radical (unpaired) electrons.